The van der Waals surface area contributed by atoms with Crippen molar-refractivity contribution in [1.82, 2.24) is 25.5 Å². The third kappa shape index (κ3) is 3.85. The number of nitrogens with one attached hydrogen (secondary N) is 1. The fraction of sp³-hybridized carbons (Fsp3) is 0.500. The maximum absolute atomic E-state index is 5.03. The summed E-state index contributed by atoms with van der Waals surface area (Å²) in [6, 6.07) is 8.45. The highest BCUT2D eigenvalue weighted by atomic mass is 16.5. The van der Waals surface area contributed by atoms with Crippen LogP contribution in [0.5, 0.6) is 0 Å². The molecule has 0 bridgehead atoms. The van der Waals surface area contributed by atoms with Crippen LogP contribution in [0.4, 0.5) is 0 Å². The molecule has 0 spiro atoms. The number of benzene rings is 1. The van der Waals surface area contributed by atoms with Crippen molar-refractivity contribution in [3.63, 3.8) is 0 Å². The Kier molecular flexibility index (Phi) is 5.20. The van der Waals surface area contributed by atoms with Crippen LogP contribution in [-0.2, 0) is 11.3 Å². The summed E-state index contributed by atoms with van der Waals surface area (Å²) >= 11 is 0. The van der Waals surface area contributed by atoms with Crippen molar-refractivity contribution in [3.8, 4) is 0 Å². The van der Waals surface area contributed by atoms with Crippen LogP contribution < -0.4 is 5.32 Å². The molecule has 0 aliphatic rings. The number of rotatable bonds is 7. The van der Waals surface area contributed by atoms with Crippen LogP contribution in [0, 0.1) is 6.92 Å². The van der Waals surface area contributed by atoms with Crippen LogP contribution in [0.15, 0.2) is 24.3 Å². The molecule has 0 saturated carbocycles. The highest BCUT2D eigenvalue weighted by molar-refractivity contribution is 5.22. The highest BCUT2D eigenvalue weighted by Gasteiger charge is 2.14. The normalized spacial score (nSPS) is 12.6. The maximum atomic E-state index is 5.03. The average molecular weight is 275 g/mol. The Morgan fingerprint density at radius 3 is 3.00 bits per heavy atom. The lowest BCUT2D eigenvalue weighted by atomic mass is 10.1. The van der Waals surface area contributed by atoms with Crippen LogP contribution in [0.25, 0.3) is 0 Å². The van der Waals surface area contributed by atoms with Gasteiger partial charge in [-0.25, -0.2) is 4.68 Å². The van der Waals surface area contributed by atoms with Crippen LogP contribution in [0.3, 0.4) is 0 Å². The van der Waals surface area contributed by atoms with Crippen LogP contribution in [0.1, 0.15) is 29.9 Å². The first-order chi connectivity index (χ1) is 9.70. The van der Waals surface area contributed by atoms with Crippen molar-refractivity contribution < 1.29 is 4.74 Å². The first-order valence-electron chi connectivity index (χ1n) is 6.74. The minimum absolute atomic E-state index is 0.0879. The Bertz CT molecular complexity index is 540. The lowest BCUT2D eigenvalue weighted by molar-refractivity contribution is 0.196. The van der Waals surface area contributed by atoms with E-state index in [0.717, 1.165) is 12.4 Å². The van der Waals surface area contributed by atoms with E-state index in [2.05, 4.69) is 52.0 Å². The third-order valence-electron chi connectivity index (χ3n) is 3.12. The molecule has 0 aliphatic heterocycles. The predicted molar refractivity (Wildman–Crippen MR) is 76.4 cm³/mol. The van der Waals surface area contributed by atoms with Gasteiger partial charge in [0.15, 0.2) is 5.82 Å². The van der Waals surface area contributed by atoms with Crippen molar-refractivity contribution in [1.29, 1.82) is 0 Å². The first kappa shape index (κ1) is 14.6. The number of aromatic nitrogens is 4. The van der Waals surface area contributed by atoms with Gasteiger partial charge in [0.2, 0.25) is 0 Å². The number of ether oxygens (including phenoxy) is 1. The first-order valence-corrected chi connectivity index (χ1v) is 6.74. The van der Waals surface area contributed by atoms with E-state index in [0.29, 0.717) is 13.2 Å². The van der Waals surface area contributed by atoms with Gasteiger partial charge in [-0.15, -0.1) is 5.10 Å². The van der Waals surface area contributed by atoms with Gasteiger partial charge in [-0.05, 0) is 29.8 Å². The second-order valence-corrected chi connectivity index (χ2v) is 4.85. The number of nitrogens with zero attached hydrogens (tertiary/aromatic N) is 4. The number of hydrogen-bond acceptors (Lipinski definition) is 5. The summed E-state index contributed by atoms with van der Waals surface area (Å²) in [5, 5.41) is 15.3. The molecule has 0 fully saturated rings. The molecule has 6 nitrogen and oxygen atoms in total. The molecule has 0 radical (unpaired) electrons. The molecule has 1 N–H and O–H groups in total. The summed E-state index contributed by atoms with van der Waals surface area (Å²) in [4.78, 5) is 0. The number of tetrazole rings is 1. The zero-order chi connectivity index (χ0) is 14.4. The Morgan fingerprint density at radius 2 is 2.25 bits per heavy atom. The molecule has 2 rings (SSSR count). The van der Waals surface area contributed by atoms with Crippen LogP contribution in [0.2, 0.25) is 0 Å². The Labute approximate surface area is 119 Å². The summed E-state index contributed by atoms with van der Waals surface area (Å²) in [6.07, 6.45) is 0. The molecule has 108 valence electrons. The Balaban J connectivity index is 2.04. The Hall–Kier alpha value is -1.79. The van der Waals surface area contributed by atoms with Crippen molar-refractivity contribution in [2.24, 2.45) is 0 Å². The fourth-order valence-corrected chi connectivity index (χ4v) is 2.09. The molecule has 2 aromatic rings. The predicted octanol–water partition coefficient (Wildman–Crippen LogP) is 1.33. The van der Waals surface area contributed by atoms with Gasteiger partial charge in [-0.2, -0.15) is 0 Å². The molecule has 0 saturated heterocycles. The summed E-state index contributed by atoms with van der Waals surface area (Å²) < 4.78 is 6.86. The average Bonchev–Trinajstić information content (AvgIpc) is 2.87. The van der Waals surface area contributed by atoms with Crippen molar-refractivity contribution in [2.75, 3.05) is 20.3 Å². The topological polar surface area (TPSA) is 64.9 Å². The minimum Gasteiger partial charge on any atom is -0.383 e. The molecule has 1 unspecified atom stereocenters. The van der Waals surface area contributed by atoms with E-state index in [1.807, 2.05) is 11.6 Å². The SMILES string of the molecule is COCCNC(C)c1nnnn1Cc1cccc(C)c1. The van der Waals surface area contributed by atoms with E-state index in [4.69, 9.17) is 4.74 Å². The molecule has 1 aromatic heterocycles. The molecule has 1 aromatic carbocycles. The molecule has 20 heavy (non-hydrogen) atoms. The van der Waals surface area contributed by atoms with Gasteiger partial charge >= 0.3 is 0 Å². The van der Waals surface area contributed by atoms with Gasteiger partial charge in [0.05, 0.1) is 19.2 Å². The van der Waals surface area contributed by atoms with Crippen LogP contribution in [-0.4, -0.2) is 40.5 Å². The van der Waals surface area contributed by atoms with Crippen molar-refractivity contribution in [3.05, 3.63) is 41.2 Å². The number of hydrogen-bond donors (Lipinski definition) is 1. The van der Waals surface area contributed by atoms with Gasteiger partial charge in [0.1, 0.15) is 0 Å². The largest absolute Gasteiger partial charge is 0.383 e. The van der Waals surface area contributed by atoms with Gasteiger partial charge in [-0.1, -0.05) is 29.8 Å². The van der Waals surface area contributed by atoms with E-state index in [1.165, 1.54) is 11.1 Å². The molecule has 1 atom stereocenters. The van der Waals surface area contributed by atoms with E-state index < -0.39 is 0 Å². The smallest absolute Gasteiger partial charge is 0.168 e. The van der Waals surface area contributed by atoms with E-state index in [-0.39, 0.29) is 6.04 Å². The second-order valence-electron chi connectivity index (χ2n) is 4.85. The van der Waals surface area contributed by atoms with Gasteiger partial charge in [0, 0.05) is 13.7 Å². The maximum Gasteiger partial charge on any atom is 0.168 e. The lowest BCUT2D eigenvalue weighted by Gasteiger charge is -2.13. The van der Waals surface area contributed by atoms with Gasteiger partial charge < -0.3 is 10.1 Å². The van der Waals surface area contributed by atoms with E-state index in [9.17, 15) is 0 Å². The van der Waals surface area contributed by atoms with Crippen molar-refractivity contribution >= 4 is 0 Å². The molecule has 1 heterocycles. The number of aryl methyl sites for hydroxylation is 1. The quantitative estimate of drug-likeness (QED) is 0.772. The second kappa shape index (κ2) is 7.12. The van der Waals surface area contributed by atoms with Gasteiger partial charge in [-0.3, -0.25) is 0 Å². The zero-order valence-corrected chi connectivity index (χ0v) is 12.2. The lowest BCUT2D eigenvalue weighted by Crippen LogP contribution is -2.26. The third-order valence-corrected chi connectivity index (χ3v) is 3.12. The summed E-state index contributed by atoms with van der Waals surface area (Å²) in [6.45, 7) is 6.26. The summed E-state index contributed by atoms with van der Waals surface area (Å²) in [5.74, 6) is 0.836. The standard InChI is InChI=1S/C14H21N5O/c1-11-5-4-6-13(9-11)10-19-14(16-17-18-19)12(2)15-7-8-20-3/h4-6,9,12,15H,7-8,10H2,1-3H3. The zero-order valence-electron chi connectivity index (χ0n) is 12.2. The highest BCUT2D eigenvalue weighted by Crippen LogP contribution is 2.11. The van der Waals surface area contributed by atoms with Crippen molar-refractivity contribution in [2.45, 2.75) is 26.4 Å². The molecular weight excluding hydrogens is 254 g/mol. The molecule has 0 aliphatic carbocycles. The minimum atomic E-state index is 0.0879. The molecule has 6 heteroatoms. The van der Waals surface area contributed by atoms with Crippen LogP contribution >= 0.6 is 0 Å². The summed E-state index contributed by atoms with van der Waals surface area (Å²) in [5.41, 5.74) is 2.44. The van der Waals surface area contributed by atoms with E-state index in [1.54, 1.807) is 7.11 Å². The fourth-order valence-electron chi connectivity index (χ4n) is 2.09. The summed E-state index contributed by atoms with van der Waals surface area (Å²) in [7, 11) is 1.69. The number of methoxy groups -OCH3 is 1. The molecular formula is C14H21N5O. The Morgan fingerprint density at radius 1 is 1.40 bits per heavy atom. The van der Waals surface area contributed by atoms with E-state index >= 15 is 0 Å². The van der Waals surface area contributed by atoms with Gasteiger partial charge in [0.25, 0.3) is 0 Å². The monoisotopic (exact) mass is 275 g/mol. The molecule has 0 amide bonds.